The Morgan fingerprint density at radius 2 is 1.73 bits per heavy atom. The predicted molar refractivity (Wildman–Crippen MR) is 99.6 cm³/mol. The number of esters is 1. The molecule has 0 bridgehead atoms. The van der Waals surface area contributed by atoms with Crippen LogP contribution < -0.4 is 10.6 Å². The van der Waals surface area contributed by atoms with Crippen molar-refractivity contribution < 1.29 is 14.3 Å². The van der Waals surface area contributed by atoms with Gasteiger partial charge in [0.2, 0.25) is 0 Å². The van der Waals surface area contributed by atoms with Crippen LogP contribution in [0.15, 0.2) is 42.7 Å². The van der Waals surface area contributed by atoms with E-state index in [2.05, 4.69) is 20.4 Å². The second kappa shape index (κ2) is 8.47. The Morgan fingerprint density at radius 1 is 1.00 bits per heavy atom. The van der Waals surface area contributed by atoms with E-state index < -0.39 is 0 Å². The lowest BCUT2D eigenvalue weighted by Gasteiger charge is -2.22. The maximum atomic E-state index is 12.4. The van der Waals surface area contributed by atoms with Crippen molar-refractivity contribution in [3.63, 3.8) is 0 Å². The summed E-state index contributed by atoms with van der Waals surface area (Å²) in [4.78, 5) is 28.1. The molecule has 3 rings (SSSR count). The Hall–Kier alpha value is -2.89. The summed E-state index contributed by atoms with van der Waals surface area (Å²) in [5, 5.41) is 6.29. The van der Waals surface area contributed by atoms with Gasteiger partial charge in [-0.1, -0.05) is 19.3 Å². The van der Waals surface area contributed by atoms with Crippen molar-refractivity contribution >= 4 is 23.3 Å². The number of nitrogens with one attached hydrogen (secondary N) is 2. The zero-order chi connectivity index (χ0) is 18.4. The number of aromatic nitrogens is 1. The molecule has 6 heteroatoms. The molecule has 0 saturated heterocycles. The Morgan fingerprint density at radius 3 is 2.42 bits per heavy atom. The van der Waals surface area contributed by atoms with Crippen molar-refractivity contribution in [3.8, 4) is 0 Å². The van der Waals surface area contributed by atoms with E-state index in [0.29, 0.717) is 16.8 Å². The number of rotatable bonds is 5. The van der Waals surface area contributed by atoms with Crippen LogP contribution in [-0.2, 0) is 4.74 Å². The number of methoxy groups -OCH3 is 1. The molecule has 0 aliphatic heterocycles. The molecular formula is C20H23N3O3. The van der Waals surface area contributed by atoms with Gasteiger partial charge >= 0.3 is 5.97 Å². The van der Waals surface area contributed by atoms with Crippen molar-refractivity contribution in [2.45, 2.75) is 38.1 Å². The average molecular weight is 353 g/mol. The standard InChI is InChI=1S/C20H23N3O3/c1-26-20(25)14-7-9-17(10-8-14)22-18-11-15(12-21-13-18)19(24)23-16-5-3-2-4-6-16/h7-13,16,22H,2-6H2,1H3,(H,23,24). The lowest BCUT2D eigenvalue weighted by molar-refractivity contribution is 0.0600. The second-order valence-electron chi connectivity index (χ2n) is 6.46. The minimum atomic E-state index is -0.375. The predicted octanol–water partition coefficient (Wildman–Crippen LogP) is 3.67. The number of anilines is 2. The molecule has 0 unspecified atom stereocenters. The van der Waals surface area contributed by atoms with Gasteiger partial charge in [-0.15, -0.1) is 0 Å². The first-order valence-corrected chi connectivity index (χ1v) is 8.87. The highest BCUT2D eigenvalue weighted by Crippen LogP contribution is 2.20. The Bertz CT molecular complexity index is 768. The smallest absolute Gasteiger partial charge is 0.337 e. The first kappa shape index (κ1) is 17.9. The van der Waals surface area contributed by atoms with Gasteiger partial charge in [0, 0.05) is 17.9 Å². The Kier molecular flexibility index (Phi) is 5.84. The second-order valence-corrected chi connectivity index (χ2v) is 6.46. The van der Waals surface area contributed by atoms with Gasteiger partial charge in [-0.25, -0.2) is 4.79 Å². The summed E-state index contributed by atoms with van der Waals surface area (Å²) in [5.41, 5.74) is 2.53. The molecule has 1 aromatic heterocycles. The minimum absolute atomic E-state index is 0.0888. The van der Waals surface area contributed by atoms with Crippen LogP contribution in [0.2, 0.25) is 0 Å². The first-order valence-electron chi connectivity index (χ1n) is 8.87. The molecule has 0 radical (unpaired) electrons. The zero-order valence-electron chi connectivity index (χ0n) is 14.8. The number of hydrogen-bond acceptors (Lipinski definition) is 5. The van der Waals surface area contributed by atoms with Crippen molar-refractivity contribution in [3.05, 3.63) is 53.9 Å². The summed E-state index contributed by atoms with van der Waals surface area (Å²) in [6.07, 6.45) is 8.92. The van der Waals surface area contributed by atoms with Gasteiger partial charge in [-0.05, 0) is 43.2 Å². The highest BCUT2D eigenvalue weighted by molar-refractivity contribution is 5.95. The lowest BCUT2D eigenvalue weighted by Crippen LogP contribution is -2.36. The van der Waals surface area contributed by atoms with Crippen molar-refractivity contribution in [2.24, 2.45) is 0 Å². The van der Waals surface area contributed by atoms with Crippen molar-refractivity contribution in [2.75, 3.05) is 12.4 Å². The van der Waals surface area contributed by atoms with Gasteiger partial charge in [0.1, 0.15) is 0 Å². The molecule has 1 saturated carbocycles. The first-order chi connectivity index (χ1) is 12.7. The summed E-state index contributed by atoms with van der Waals surface area (Å²) >= 11 is 0. The van der Waals surface area contributed by atoms with Crippen molar-refractivity contribution in [1.29, 1.82) is 0 Å². The highest BCUT2D eigenvalue weighted by atomic mass is 16.5. The van der Waals surface area contributed by atoms with Crippen molar-refractivity contribution in [1.82, 2.24) is 10.3 Å². The van der Waals surface area contributed by atoms with Crippen LogP contribution in [0.4, 0.5) is 11.4 Å². The van der Waals surface area contributed by atoms with Gasteiger partial charge in [-0.3, -0.25) is 9.78 Å². The number of pyridine rings is 1. The SMILES string of the molecule is COC(=O)c1ccc(Nc2cncc(C(=O)NC3CCCCC3)c2)cc1. The lowest BCUT2D eigenvalue weighted by atomic mass is 9.95. The van der Waals surface area contributed by atoms with Gasteiger partial charge in [0.15, 0.2) is 0 Å². The number of benzene rings is 1. The van der Waals surface area contributed by atoms with Gasteiger partial charge in [0.05, 0.1) is 30.1 Å². The van der Waals surface area contributed by atoms with E-state index in [4.69, 9.17) is 0 Å². The molecule has 2 aromatic rings. The van der Waals surface area contributed by atoms with Crippen LogP contribution >= 0.6 is 0 Å². The molecule has 1 heterocycles. The van der Waals surface area contributed by atoms with Crippen LogP contribution in [-0.4, -0.2) is 30.0 Å². The van der Waals surface area contributed by atoms with Crippen LogP contribution in [0.25, 0.3) is 0 Å². The molecule has 6 nitrogen and oxygen atoms in total. The summed E-state index contributed by atoms with van der Waals surface area (Å²) in [6.45, 7) is 0. The zero-order valence-corrected chi connectivity index (χ0v) is 14.8. The van der Waals surface area contributed by atoms with E-state index in [1.807, 2.05) is 0 Å². The summed E-state index contributed by atoms with van der Waals surface area (Å²) in [7, 11) is 1.35. The molecule has 26 heavy (non-hydrogen) atoms. The number of amides is 1. The fourth-order valence-electron chi connectivity index (χ4n) is 3.12. The molecule has 136 valence electrons. The quantitative estimate of drug-likeness (QED) is 0.802. The van der Waals surface area contributed by atoms with Crippen LogP contribution in [0, 0.1) is 0 Å². The van der Waals surface area contributed by atoms with E-state index in [1.54, 1.807) is 42.7 Å². The van der Waals surface area contributed by atoms with E-state index in [-0.39, 0.29) is 17.9 Å². The molecule has 1 fully saturated rings. The maximum absolute atomic E-state index is 12.4. The molecule has 2 N–H and O–H groups in total. The minimum Gasteiger partial charge on any atom is -0.465 e. The summed E-state index contributed by atoms with van der Waals surface area (Å²) < 4.78 is 4.69. The molecule has 0 atom stereocenters. The van der Waals surface area contributed by atoms with E-state index in [0.717, 1.165) is 18.5 Å². The summed E-state index contributed by atoms with van der Waals surface area (Å²) in [5.74, 6) is -0.464. The fraction of sp³-hybridized carbons (Fsp3) is 0.350. The van der Waals surface area contributed by atoms with Crippen LogP contribution in [0.5, 0.6) is 0 Å². The van der Waals surface area contributed by atoms with Gasteiger partial charge < -0.3 is 15.4 Å². The number of carbonyl (C=O) groups excluding carboxylic acids is 2. The molecule has 1 aromatic carbocycles. The Balaban J connectivity index is 1.65. The number of nitrogens with zero attached hydrogens (tertiary/aromatic N) is 1. The molecular weight excluding hydrogens is 330 g/mol. The van der Waals surface area contributed by atoms with Crippen LogP contribution in [0.1, 0.15) is 52.8 Å². The van der Waals surface area contributed by atoms with Crippen LogP contribution in [0.3, 0.4) is 0 Å². The third-order valence-corrected chi connectivity index (χ3v) is 4.54. The fourth-order valence-corrected chi connectivity index (χ4v) is 3.12. The molecule has 1 aliphatic rings. The number of carbonyl (C=O) groups is 2. The van der Waals surface area contributed by atoms with E-state index in [1.165, 1.54) is 26.4 Å². The van der Waals surface area contributed by atoms with E-state index >= 15 is 0 Å². The number of ether oxygens (including phenoxy) is 1. The third-order valence-electron chi connectivity index (χ3n) is 4.54. The normalized spacial score (nSPS) is 14.5. The highest BCUT2D eigenvalue weighted by Gasteiger charge is 2.17. The maximum Gasteiger partial charge on any atom is 0.337 e. The summed E-state index contributed by atoms with van der Waals surface area (Å²) in [6, 6.07) is 8.96. The van der Waals surface area contributed by atoms with Gasteiger partial charge in [0.25, 0.3) is 5.91 Å². The largest absolute Gasteiger partial charge is 0.465 e. The van der Waals surface area contributed by atoms with E-state index in [9.17, 15) is 9.59 Å². The Labute approximate surface area is 153 Å². The topological polar surface area (TPSA) is 80.3 Å². The molecule has 1 amide bonds. The monoisotopic (exact) mass is 353 g/mol. The molecule has 0 spiro atoms. The van der Waals surface area contributed by atoms with Gasteiger partial charge in [-0.2, -0.15) is 0 Å². The molecule has 1 aliphatic carbocycles. The number of hydrogen-bond donors (Lipinski definition) is 2. The average Bonchev–Trinajstić information content (AvgIpc) is 2.69. The third kappa shape index (κ3) is 4.59.